The molecule has 156 valence electrons. The van der Waals surface area contributed by atoms with Crippen LogP contribution in [0.15, 0.2) is 53.4 Å². The molecule has 4 rings (SSSR count). The maximum Gasteiger partial charge on any atom is 0.240 e. The van der Waals surface area contributed by atoms with Crippen LogP contribution in [0.2, 0.25) is 0 Å². The summed E-state index contributed by atoms with van der Waals surface area (Å²) in [6.45, 7) is 6.35. The van der Waals surface area contributed by atoms with Gasteiger partial charge in [0, 0.05) is 44.5 Å². The average molecular weight is 414 g/mol. The molecule has 29 heavy (non-hydrogen) atoms. The van der Waals surface area contributed by atoms with Crippen molar-refractivity contribution in [2.24, 2.45) is 0 Å². The van der Waals surface area contributed by atoms with E-state index in [1.807, 2.05) is 18.2 Å². The largest absolute Gasteiger partial charge is 0.369 e. The zero-order valence-corrected chi connectivity index (χ0v) is 18.0. The molecule has 1 aliphatic heterocycles. The van der Waals surface area contributed by atoms with Crippen molar-refractivity contribution >= 4 is 15.7 Å². The van der Waals surface area contributed by atoms with E-state index in [-0.39, 0.29) is 6.04 Å². The SMILES string of the molecule is CC(CNS(=O)(=O)c1ccc2c(c1)CCCC2)N1CCN(c2ccccc2)CC1. The van der Waals surface area contributed by atoms with Crippen molar-refractivity contribution in [2.45, 2.75) is 43.5 Å². The molecule has 1 atom stereocenters. The first kappa shape index (κ1) is 20.4. The van der Waals surface area contributed by atoms with E-state index in [9.17, 15) is 8.42 Å². The number of nitrogens with zero attached hydrogens (tertiary/aromatic N) is 2. The second-order valence-electron chi connectivity index (χ2n) is 8.20. The predicted molar refractivity (Wildman–Crippen MR) is 118 cm³/mol. The second-order valence-corrected chi connectivity index (χ2v) is 9.96. The minimum absolute atomic E-state index is 0.167. The summed E-state index contributed by atoms with van der Waals surface area (Å²) < 4.78 is 28.4. The van der Waals surface area contributed by atoms with Crippen LogP contribution in [0.25, 0.3) is 0 Å². The summed E-state index contributed by atoms with van der Waals surface area (Å²) in [5, 5.41) is 0. The van der Waals surface area contributed by atoms with Crippen molar-refractivity contribution in [3.63, 3.8) is 0 Å². The molecule has 1 heterocycles. The first-order chi connectivity index (χ1) is 14.0. The summed E-state index contributed by atoms with van der Waals surface area (Å²) in [4.78, 5) is 5.16. The molecule has 0 bridgehead atoms. The Morgan fingerprint density at radius 2 is 1.62 bits per heavy atom. The van der Waals surface area contributed by atoms with E-state index in [2.05, 4.69) is 45.7 Å². The van der Waals surface area contributed by atoms with Gasteiger partial charge in [0.05, 0.1) is 4.90 Å². The van der Waals surface area contributed by atoms with Gasteiger partial charge in [0.2, 0.25) is 10.0 Å². The van der Waals surface area contributed by atoms with Crippen LogP contribution >= 0.6 is 0 Å². The van der Waals surface area contributed by atoms with E-state index in [1.54, 1.807) is 6.07 Å². The Hall–Kier alpha value is -1.89. The molecule has 1 fully saturated rings. The number of nitrogens with one attached hydrogen (secondary N) is 1. The van der Waals surface area contributed by atoms with Crippen LogP contribution in [0.3, 0.4) is 0 Å². The lowest BCUT2D eigenvalue weighted by atomic mass is 9.92. The summed E-state index contributed by atoms with van der Waals surface area (Å²) in [6, 6.07) is 16.3. The van der Waals surface area contributed by atoms with Gasteiger partial charge in [0.1, 0.15) is 0 Å². The highest BCUT2D eigenvalue weighted by molar-refractivity contribution is 7.89. The van der Waals surface area contributed by atoms with Gasteiger partial charge in [-0.3, -0.25) is 4.90 Å². The Morgan fingerprint density at radius 3 is 2.34 bits per heavy atom. The number of para-hydroxylation sites is 1. The lowest BCUT2D eigenvalue weighted by Crippen LogP contribution is -2.52. The number of rotatable bonds is 6. The zero-order chi connectivity index (χ0) is 20.3. The summed E-state index contributed by atoms with van der Waals surface area (Å²) >= 11 is 0. The number of sulfonamides is 1. The molecule has 1 aliphatic carbocycles. The van der Waals surface area contributed by atoms with Gasteiger partial charge in [-0.2, -0.15) is 0 Å². The molecule has 0 radical (unpaired) electrons. The van der Waals surface area contributed by atoms with E-state index < -0.39 is 10.0 Å². The Labute approximate surface area is 174 Å². The summed E-state index contributed by atoms with van der Waals surface area (Å²) in [6.07, 6.45) is 4.40. The molecule has 1 N–H and O–H groups in total. The van der Waals surface area contributed by atoms with Crippen molar-refractivity contribution in [3.8, 4) is 0 Å². The van der Waals surface area contributed by atoms with E-state index in [1.165, 1.54) is 23.2 Å². The van der Waals surface area contributed by atoms with Gasteiger partial charge in [-0.1, -0.05) is 24.3 Å². The van der Waals surface area contributed by atoms with Crippen LogP contribution in [-0.2, 0) is 22.9 Å². The fourth-order valence-corrected chi connectivity index (χ4v) is 5.55. The molecule has 2 aromatic rings. The van der Waals surface area contributed by atoms with Gasteiger partial charge in [0.25, 0.3) is 0 Å². The number of fused-ring (bicyclic) bond motifs is 1. The third kappa shape index (κ3) is 4.82. The molecule has 2 aliphatic rings. The number of anilines is 1. The van der Waals surface area contributed by atoms with Crippen LogP contribution in [0, 0.1) is 0 Å². The van der Waals surface area contributed by atoms with Crippen molar-refractivity contribution in [1.82, 2.24) is 9.62 Å². The maximum absolute atomic E-state index is 12.8. The number of aryl methyl sites for hydroxylation is 2. The normalized spacial score (nSPS) is 19.0. The lowest BCUT2D eigenvalue weighted by molar-refractivity contribution is 0.198. The average Bonchev–Trinajstić information content (AvgIpc) is 2.78. The van der Waals surface area contributed by atoms with Crippen molar-refractivity contribution in [3.05, 3.63) is 59.7 Å². The Balaban J connectivity index is 1.32. The Bertz CT molecular complexity index is 922. The molecule has 1 saturated heterocycles. The summed E-state index contributed by atoms with van der Waals surface area (Å²) in [5.74, 6) is 0. The van der Waals surface area contributed by atoms with Crippen LogP contribution in [0.1, 0.15) is 30.9 Å². The van der Waals surface area contributed by atoms with E-state index in [0.717, 1.165) is 45.4 Å². The minimum Gasteiger partial charge on any atom is -0.369 e. The molecule has 1 unspecified atom stereocenters. The topological polar surface area (TPSA) is 52.7 Å². The van der Waals surface area contributed by atoms with Gasteiger partial charge in [-0.15, -0.1) is 0 Å². The fraction of sp³-hybridized carbons (Fsp3) is 0.478. The first-order valence-corrected chi connectivity index (χ1v) is 12.2. The maximum atomic E-state index is 12.8. The minimum atomic E-state index is -3.47. The van der Waals surface area contributed by atoms with E-state index in [4.69, 9.17) is 0 Å². The Kier molecular flexibility index (Phi) is 6.23. The predicted octanol–water partition coefficient (Wildman–Crippen LogP) is 3.05. The molecular formula is C23H31N3O2S. The van der Waals surface area contributed by atoms with Crippen LogP contribution in [0.5, 0.6) is 0 Å². The van der Waals surface area contributed by atoms with E-state index in [0.29, 0.717) is 11.4 Å². The van der Waals surface area contributed by atoms with Crippen LogP contribution in [0.4, 0.5) is 5.69 Å². The van der Waals surface area contributed by atoms with Gasteiger partial charge in [0.15, 0.2) is 0 Å². The number of hydrogen-bond acceptors (Lipinski definition) is 4. The van der Waals surface area contributed by atoms with Gasteiger partial charge < -0.3 is 4.90 Å². The highest BCUT2D eigenvalue weighted by Crippen LogP contribution is 2.24. The van der Waals surface area contributed by atoms with Crippen molar-refractivity contribution in [2.75, 3.05) is 37.6 Å². The highest BCUT2D eigenvalue weighted by atomic mass is 32.2. The lowest BCUT2D eigenvalue weighted by Gasteiger charge is -2.39. The highest BCUT2D eigenvalue weighted by Gasteiger charge is 2.23. The molecule has 2 aromatic carbocycles. The number of benzene rings is 2. The third-order valence-electron chi connectivity index (χ3n) is 6.26. The monoisotopic (exact) mass is 413 g/mol. The van der Waals surface area contributed by atoms with E-state index >= 15 is 0 Å². The van der Waals surface area contributed by atoms with Gasteiger partial charge in [-0.25, -0.2) is 13.1 Å². The number of piperazine rings is 1. The van der Waals surface area contributed by atoms with Gasteiger partial charge >= 0.3 is 0 Å². The standard InChI is InChI=1S/C23H31N3O2S/c1-19(25-13-15-26(16-14-25)22-9-3-2-4-10-22)18-24-29(27,28)23-12-11-20-7-5-6-8-21(20)17-23/h2-4,9-12,17,19,24H,5-8,13-16,18H2,1H3. The second kappa shape index (κ2) is 8.86. The molecule has 0 spiro atoms. The fourth-order valence-electron chi connectivity index (χ4n) is 4.38. The zero-order valence-electron chi connectivity index (χ0n) is 17.2. The smallest absolute Gasteiger partial charge is 0.240 e. The quantitative estimate of drug-likeness (QED) is 0.791. The van der Waals surface area contributed by atoms with Gasteiger partial charge in [-0.05, 0) is 68.0 Å². The molecule has 0 aromatic heterocycles. The van der Waals surface area contributed by atoms with Crippen LogP contribution < -0.4 is 9.62 Å². The molecule has 0 saturated carbocycles. The molecule has 6 heteroatoms. The van der Waals surface area contributed by atoms with Crippen molar-refractivity contribution in [1.29, 1.82) is 0 Å². The molecular weight excluding hydrogens is 382 g/mol. The first-order valence-electron chi connectivity index (χ1n) is 10.7. The summed E-state index contributed by atoms with van der Waals surface area (Å²) in [5.41, 5.74) is 3.76. The molecule has 5 nitrogen and oxygen atoms in total. The Morgan fingerprint density at radius 1 is 0.931 bits per heavy atom. The summed E-state index contributed by atoms with van der Waals surface area (Å²) in [7, 11) is -3.47. The van der Waals surface area contributed by atoms with Crippen molar-refractivity contribution < 1.29 is 8.42 Å². The molecule has 0 amide bonds. The third-order valence-corrected chi connectivity index (χ3v) is 7.68. The van der Waals surface area contributed by atoms with Crippen LogP contribution in [-0.4, -0.2) is 52.1 Å². The number of hydrogen-bond donors (Lipinski definition) is 1.